The first-order valence-corrected chi connectivity index (χ1v) is 10.1. The van der Waals surface area contributed by atoms with Crippen LogP contribution in [0, 0.1) is 5.92 Å². The van der Waals surface area contributed by atoms with Crippen molar-refractivity contribution in [1.29, 1.82) is 0 Å². The van der Waals surface area contributed by atoms with Crippen molar-refractivity contribution in [2.75, 3.05) is 39.9 Å². The van der Waals surface area contributed by atoms with Gasteiger partial charge in [-0.05, 0) is 49.8 Å². The molecule has 0 aliphatic carbocycles. The van der Waals surface area contributed by atoms with Crippen LogP contribution >= 0.6 is 0 Å². The van der Waals surface area contributed by atoms with E-state index < -0.39 is 0 Å². The molecule has 2 rings (SSSR count). The summed E-state index contributed by atoms with van der Waals surface area (Å²) in [6.45, 7) is 6.66. The van der Waals surface area contributed by atoms with Crippen LogP contribution in [0.4, 0.5) is 0 Å². The van der Waals surface area contributed by atoms with Crippen molar-refractivity contribution in [3.8, 4) is 5.75 Å². The molecule has 1 aromatic carbocycles. The molecule has 7 heteroatoms. The topological polar surface area (TPSA) is 89.2 Å². The molecule has 1 fully saturated rings. The van der Waals surface area contributed by atoms with E-state index in [9.17, 15) is 4.79 Å². The first-order valence-electron chi connectivity index (χ1n) is 10.1. The number of methoxy groups -OCH3 is 1. The van der Waals surface area contributed by atoms with Crippen molar-refractivity contribution in [2.24, 2.45) is 16.6 Å². The van der Waals surface area contributed by atoms with E-state index in [1.165, 1.54) is 0 Å². The van der Waals surface area contributed by atoms with Crippen molar-refractivity contribution in [3.05, 3.63) is 29.8 Å². The third-order valence-electron chi connectivity index (χ3n) is 4.78. The van der Waals surface area contributed by atoms with E-state index in [2.05, 4.69) is 17.1 Å². The molecular weight excluding hydrogens is 356 g/mol. The number of aliphatic imine (C=N–C) groups is 1. The van der Waals surface area contributed by atoms with Gasteiger partial charge in [-0.25, -0.2) is 0 Å². The molecule has 28 heavy (non-hydrogen) atoms. The number of nitrogens with two attached hydrogens (primary N) is 1. The zero-order valence-corrected chi connectivity index (χ0v) is 17.2. The number of amides is 1. The highest BCUT2D eigenvalue weighted by atomic mass is 16.5. The van der Waals surface area contributed by atoms with E-state index in [0.717, 1.165) is 56.2 Å². The predicted octanol–water partition coefficient (Wildman–Crippen LogP) is 2.15. The summed E-state index contributed by atoms with van der Waals surface area (Å²) < 4.78 is 10.9. The smallest absolute Gasteiger partial charge is 0.217 e. The monoisotopic (exact) mass is 390 g/mol. The number of benzene rings is 1. The third kappa shape index (κ3) is 7.76. The first-order chi connectivity index (χ1) is 13.6. The van der Waals surface area contributed by atoms with Crippen LogP contribution in [-0.2, 0) is 16.1 Å². The number of primary amides is 1. The summed E-state index contributed by atoms with van der Waals surface area (Å²) >= 11 is 0. The first kappa shape index (κ1) is 22.0. The van der Waals surface area contributed by atoms with Gasteiger partial charge in [0.15, 0.2) is 5.96 Å². The van der Waals surface area contributed by atoms with E-state index in [1.807, 2.05) is 24.3 Å². The van der Waals surface area contributed by atoms with Crippen LogP contribution in [0.15, 0.2) is 29.3 Å². The fourth-order valence-electron chi connectivity index (χ4n) is 3.40. The molecule has 1 heterocycles. The highest BCUT2D eigenvalue weighted by molar-refractivity contribution is 5.80. The Morgan fingerprint density at radius 1 is 1.36 bits per heavy atom. The molecular formula is C21H34N4O3. The van der Waals surface area contributed by atoms with Crippen molar-refractivity contribution >= 4 is 11.9 Å². The summed E-state index contributed by atoms with van der Waals surface area (Å²) in [4.78, 5) is 18.2. The van der Waals surface area contributed by atoms with Gasteiger partial charge in [0, 0.05) is 39.2 Å². The Morgan fingerprint density at radius 2 is 2.14 bits per heavy atom. The van der Waals surface area contributed by atoms with E-state index in [-0.39, 0.29) is 5.91 Å². The van der Waals surface area contributed by atoms with Gasteiger partial charge in [0.2, 0.25) is 5.91 Å². The van der Waals surface area contributed by atoms with Crippen molar-refractivity contribution in [2.45, 2.75) is 39.2 Å². The number of guanidine groups is 1. The Morgan fingerprint density at radius 3 is 2.82 bits per heavy atom. The van der Waals surface area contributed by atoms with Gasteiger partial charge >= 0.3 is 0 Å². The average Bonchev–Trinajstić information content (AvgIpc) is 2.70. The molecule has 1 aliphatic rings. The number of likely N-dealkylation sites (tertiary alicyclic amines) is 1. The standard InChI is InChI=1S/C21H34N4O3/c1-3-23-21(25-12-4-6-18(15-25)14-20(22)26)24-11-5-13-28-16-17-7-9-19(27-2)10-8-17/h7-10,18H,3-6,11-16H2,1-2H3,(H2,22,26)(H,23,24). The number of nitrogens with one attached hydrogen (secondary N) is 1. The van der Waals surface area contributed by atoms with Crippen LogP contribution in [0.5, 0.6) is 5.75 Å². The van der Waals surface area contributed by atoms with Gasteiger partial charge in [0.25, 0.3) is 0 Å². The SMILES string of the molecule is CCNC(=NCCCOCc1ccc(OC)cc1)N1CCCC(CC(N)=O)C1. The highest BCUT2D eigenvalue weighted by Crippen LogP contribution is 2.19. The number of ether oxygens (including phenoxy) is 2. The molecule has 0 spiro atoms. The van der Waals surface area contributed by atoms with Gasteiger partial charge in [-0.1, -0.05) is 12.1 Å². The molecule has 7 nitrogen and oxygen atoms in total. The lowest BCUT2D eigenvalue weighted by molar-refractivity contribution is -0.119. The molecule has 1 unspecified atom stereocenters. The summed E-state index contributed by atoms with van der Waals surface area (Å²) in [5.41, 5.74) is 6.49. The molecule has 3 N–H and O–H groups in total. The molecule has 0 saturated carbocycles. The van der Waals surface area contributed by atoms with E-state index in [4.69, 9.17) is 20.2 Å². The molecule has 1 atom stereocenters. The second kappa shape index (κ2) is 12.2. The molecule has 0 aromatic heterocycles. The van der Waals surface area contributed by atoms with Crippen molar-refractivity contribution in [3.63, 3.8) is 0 Å². The Bertz CT molecular complexity index is 619. The Kier molecular flexibility index (Phi) is 9.62. The molecule has 1 amide bonds. The number of nitrogens with zero attached hydrogens (tertiary/aromatic N) is 2. The highest BCUT2D eigenvalue weighted by Gasteiger charge is 2.23. The minimum Gasteiger partial charge on any atom is -0.497 e. The molecule has 1 aliphatic heterocycles. The number of carbonyl (C=O) groups excluding carboxylic acids is 1. The minimum atomic E-state index is -0.220. The number of carbonyl (C=O) groups is 1. The maximum atomic E-state index is 11.2. The van der Waals surface area contributed by atoms with Crippen LogP contribution in [0.25, 0.3) is 0 Å². The van der Waals surface area contributed by atoms with Gasteiger partial charge in [0.05, 0.1) is 13.7 Å². The normalized spacial score (nSPS) is 17.4. The van der Waals surface area contributed by atoms with Crippen molar-refractivity contribution in [1.82, 2.24) is 10.2 Å². The lowest BCUT2D eigenvalue weighted by Crippen LogP contribution is -2.47. The summed E-state index contributed by atoms with van der Waals surface area (Å²) in [5.74, 6) is 1.88. The maximum Gasteiger partial charge on any atom is 0.217 e. The number of hydrogen-bond acceptors (Lipinski definition) is 4. The minimum absolute atomic E-state index is 0.220. The van der Waals surface area contributed by atoms with Crippen molar-refractivity contribution < 1.29 is 14.3 Å². The molecule has 0 radical (unpaired) electrons. The van der Waals surface area contributed by atoms with E-state index >= 15 is 0 Å². The average molecular weight is 391 g/mol. The van der Waals surface area contributed by atoms with Gasteiger partial charge in [-0.2, -0.15) is 0 Å². The lowest BCUT2D eigenvalue weighted by Gasteiger charge is -2.34. The Labute approximate surface area is 168 Å². The quantitative estimate of drug-likeness (QED) is 0.363. The van der Waals surface area contributed by atoms with Crippen LogP contribution in [0.2, 0.25) is 0 Å². The number of hydrogen-bond donors (Lipinski definition) is 2. The maximum absolute atomic E-state index is 11.2. The Balaban J connectivity index is 1.73. The summed E-state index contributed by atoms with van der Waals surface area (Å²) in [6.07, 6.45) is 3.43. The van der Waals surface area contributed by atoms with Crippen LogP contribution in [0.3, 0.4) is 0 Å². The molecule has 1 aromatic rings. The third-order valence-corrected chi connectivity index (χ3v) is 4.78. The van der Waals surface area contributed by atoms with E-state index in [1.54, 1.807) is 7.11 Å². The Hall–Kier alpha value is -2.28. The second-order valence-electron chi connectivity index (χ2n) is 7.11. The van der Waals surface area contributed by atoms with E-state index in [0.29, 0.717) is 32.1 Å². The van der Waals surface area contributed by atoms with Crippen LogP contribution in [0.1, 0.15) is 38.2 Å². The molecule has 156 valence electrons. The van der Waals surface area contributed by atoms with Gasteiger partial charge in [-0.3, -0.25) is 9.79 Å². The van der Waals surface area contributed by atoms with Gasteiger partial charge in [-0.15, -0.1) is 0 Å². The number of piperidine rings is 1. The summed E-state index contributed by atoms with van der Waals surface area (Å²) in [6, 6.07) is 7.91. The lowest BCUT2D eigenvalue weighted by atomic mass is 9.95. The second-order valence-corrected chi connectivity index (χ2v) is 7.11. The molecule has 1 saturated heterocycles. The van der Waals surface area contributed by atoms with Gasteiger partial charge in [0.1, 0.15) is 5.75 Å². The summed E-state index contributed by atoms with van der Waals surface area (Å²) in [7, 11) is 1.66. The van der Waals surface area contributed by atoms with Gasteiger partial charge < -0.3 is 25.4 Å². The number of rotatable bonds is 10. The predicted molar refractivity (Wildman–Crippen MR) is 111 cm³/mol. The fourth-order valence-corrected chi connectivity index (χ4v) is 3.40. The largest absolute Gasteiger partial charge is 0.497 e. The van der Waals surface area contributed by atoms with Crippen LogP contribution in [-0.4, -0.2) is 56.7 Å². The van der Waals surface area contributed by atoms with Crippen LogP contribution < -0.4 is 15.8 Å². The zero-order chi connectivity index (χ0) is 20.2. The summed E-state index contributed by atoms with van der Waals surface area (Å²) in [5, 5.41) is 3.36. The fraction of sp³-hybridized carbons (Fsp3) is 0.619. The zero-order valence-electron chi connectivity index (χ0n) is 17.2. The molecule has 0 bridgehead atoms.